The van der Waals surface area contributed by atoms with Gasteiger partial charge in [0.1, 0.15) is 65.6 Å². The van der Waals surface area contributed by atoms with E-state index in [1.54, 1.807) is 27.7 Å². The number of aliphatic hydroxyl groups is 7. The number of ether oxygens (including phenoxy) is 13. The number of aliphatic hydroxyl groups excluding tert-OH is 6. The molecule has 8 rings (SSSR count). The molecule has 0 radical (unpaired) electrons. The van der Waals surface area contributed by atoms with E-state index in [1.165, 1.54) is 60.8 Å². The topological polar surface area (TPSA) is 370 Å². The predicted octanol–water partition coefficient (Wildman–Crippen LogP) is 0.892. The number of carbonyl (C=O) groups is 4. The van der Waals surface area contributed by atoms with Crippen molar-refractivity contribution >= 4 is 34.3 Å². The van der Waals surface area contributed by atoms with Crippen molar-refractivity contribution in [3.8, 4) is 17.2 Å². The third-order valence-corrected chi connectivity index (χ3v) is 16.4. The fourth-order valence-electron chi connectivity index (χ4n) is 12.1. The quantitative estimate of drug-likeness (QED) is 0.0993. The molecule has 5 fully saturated rings. The summed E-state index contributed by atoms with van der Waals surface area (Å²) in [7, 11) is 1.17. The number of rotatable bonds is 17. The molecule has 26 nitrogen and oxygen atoms in total. The van der Waals surface area contributed by atoms with Crippen LogP contribution in [0.15, 0.2) is 12.1 Å². The summed E-state index contributed by atoms with van der Waals surface area (Å²) in [6.45, 7) is 14.6. The summed E-state index contributed by atoms with van der Waals surface area (Å²) in [6, 6.07) is 3.01. The molecule has 5 heterocycles. The molecule has 0 saturated carbocycles. The monoisotopic (exact) mass is 1170 g/mol. The number of hydrogen-bond donors (Lipinski definition) is 9. The second-order valence-corrected chi connectivity index (χ2v) is 22.9. The maximum atomic E-state index is 15.1. The Morgan fingerprint density at radius 3 is 1.77 bits per heavy atom. The molecular formula is C56H80O26. The molecule has 25 atom stereocenters. The van der Waals surface area contributed by atoms with E-state index in [1.807, 2.05) is 0 Å². The van der Waals surface area contributed by atoms with E-state index < -0.39 is 188 Å². The first-order valence-corrected chi connectivity index (χ1v) is 27.8. The lowest BCUT2D eigenvalue weighted by atomic mass is 9.75. The molecule has 9 N–H and O–H groups in total. The average Bonchev–Trinajstić information content (AvgIpc) is 2.83. The number of methoxy groups -OCH3 is 1. The second kappa shape index (κ2) is 25.7. The average molecular weight is 1170 g/mol. The van der Waals surface area contributed by atoms with Gasteiger partial charge in [0, 0.05) is 64.5 Å². The minimum atomic E-state index is -1.97. The molecule has 6 aliphatic rings. The SMILES string of the molecule is CO[C@H](C(=O)[C@@H](O)[C@@H](C)O)[C@@H]1Cc2cc3cc(O[C@H]4C[C@@H](O[C@@H]5C[C@@H](O)[C@@H](O)[C@@H](C)O5)[C@@H](OC(C)=O)[C@@H](C)O4)c(C)c(O)c3c(O)c2C(=O)[C@H]1OC1C[C@@H](O[C@@H]2C[C@@H](O[C@H]3C[C@](C)(O)[C@@H](OC(C)=O)[C@H](C)O3)[C@H](O)[C@@H](C)O2)[C@H](O)[C@H](C)O1. The van der Waals surface area contributed by atoms with Crippen molar-refractivity contribution in [1.82, 2.24) is 0 Å². The summed E-state index contributed by atoms with van der Waals surface area (Å²) in [6.07, 6.45) is -27.3. The van der Waals surface area contributed by atoms with Crippen LogP contribution in [0, 0.1) is 12.8 Å². The molecule has 5 aliphatic heterocycles. The number of carbonyl (C=O) groups excluding carboxylic acids is 4. The normalized spacial score (nSPS) is 40.1. The van der Waals surface area contributed by atoms with Gasteiger partial charge in [-0.3, -0.25) is 19.2 Å². The van der Waals surface area contributed by atoms with Crippen LogP contribution in [0.2, 0.25) is 0 Å². The molecule has 26 heteroatoms. The number of esters is 2. The van der Waals surface area contributed by atoms with E-state index in [4.69, 9.17) is 61.6 Å². The van der Waals surface area contributed by atoms with Crippen molar-refractivity contribution in [3.63, 3.8) is 0 Å². The fraction of sp³-hybridized carbons (Fsp3) is 0.750. The Morgan fingerprint density at radius 1 is 0.683 bits per heavy atom. The standard InChI is InChI=1S/C56H80O26/c1-20-33(78-39-18-36(52(25(6)74-39)76-27(8)58)81-37-15-32(60)46(63)22(3)71-37)14-30-12-29-13-31(53(70-11)51(68)45(62)21(2)57)54(50(67)43(29)49(66)42(30)44(20)61)82-40-17-34(47(64)24(5)73-40)79-38-16-35(48(65)23(4)72-38)80-41-19-56(10,69)55(26(7)75-41)77-28(9)59/h12,14,21-26,31-32,34-41,45-48,52-55,57,60-66,69H,13,15-19H2,1-11H3/t21-,22-,23-,24+,25-,26+,31+,32-,34-,35-,36-,37-,38-,39+,40?,41+,45+,46+,47-,48-,52+,53+,54+,55+,56+/m1/s1. The van der Waals surface area contributed by atoms with Crippen LogP contribution in [0.5, 0.6) is 17.2 Å². The first-order valence-electron chi connectivity index (χ1n) is 27.8. The maximum Gasteiger partial charge on any atom is 0.303 e. The highest BCUT2D eigenvalue weighted by Crippen LogP contribution is 2.48. The molecule has 5 saturated heterocycles. The minimum Gasteiger partial charge on any atom is -0.507 e. The van der Waals surface area contributed by atoms with E-state index >= 15 is 4.79 Å². The van der Waals surface area contributed by atoms with Crippen LogP contribution in [0.4, 0.5) is 0 Å². The third-order valence-electron chi connectivity index (χ3n) is 16.4. The number of phenolic OH excluding ortho intramolecular Hbond substituents is 2. The van der Waals surface area contributed by atoms with Gasteiger partial charge in [0.15, 0.2) is 48.9 Å². The van der Waals surface area contributed by atoms with Crippen LogP contribution < -0.4 is 4.74 Å². The summed E-state index contributed by atoms with van der Waals surface area (Å²) in [5.41, 5.74) is -1.55. The Bertz CT molecular complexity index is 2600. The minimum absolute atomic E-state index is 0.0580. The van der Waals surface area contributed by atoms with Crippen LogP contribution >= 0.6 is 0 Å². The van der Waals surface area contributed by atoms with Crippen LogP contribution in [0.1, 0.15) is 116 Å². The van der Waals surface area contributed by atoms with Crippen molar-refractivity contribution in [2.45, 2.75) is 255 Å². The van der Waals surface area contributed by atoms with Gasteiger partial charge in [-0.1, -0.05) is 0 Å². The fourth-order valence-corrected chi connectivity index (χ4v) is 12.1. The Kier molecular flexibility index (Phi) is 20.0. The third kappa shape index (κ3) is 13.5. The summed E-state index contributed by atoms with van der Waals surface area (Å²) in [4.78, 5) is 53.1. The number of fused-ring (bicyclic) bond motifs is 2. The van der Waals surface area contributed by atoms with Crippen LogP contribution in [-0.2, 0) is 77.6 Å². The van der Waals surface area contributed by atoms with Gasteiger partial charge in [0.25, 0.3) is 0 Å². The van der Waals surface area contributed by atoms with E-state index in [2.05, 4.69) is 0 Å². The molecule has 82 heavy (non-hydrogen) atoms. The molecule has 2 aromatic carbocycles. The summed E-state index contributed by atoms with van der Waals surface area (Å²) in [5.74, 6) is -5.41. The summed E-state index contributed by atoms with van der Waals surface area (Å²) < 4.78 is 78.3. The van der Waals surface area contributed by atoms with Gasteiger partial charge < -0.3 is 108 Å². The molecule has 1 aliphatic carbocycles. The highest BCUT2D eigenvalue weighted by atomic mass is 16.7. The van der Waals surface area contributed by atoms with Gasteiger partial charge in [-0.05, 0) is 84.9 Å². The molecule has 0 spiro atoms. The molecule has 460 valence electrons. The van der Waals surface area contributed by atoms with Crippen LogP contribution in [-0.4, -0.2) is 223 Å². The first-order chi connectivity index (χ1) is 38.5. The van der Waals surface area contributed by atoms with Crippen LogP contribution in [0.25, 0.3) is 10.8 Å². The van der Waals surface area contributed by atoms with Gasteiger partial charge in [-0.2, -0.15) is 0 Å². The Morgan fingerprint density at radius 2 is 1.21 bits per heavy atom. The smallest absolute Gasteiger partial charge is 0.303 e. The van der Waals surface area contributed by atoms with Gasteiger partial charge in [-0.25, -0.2) is 0 Å². The van der Waals surface area contributed by atoms with Gasteiger partial charge >= 0.3 is 11.9 Å². The van der Waals surface area contributed by atoms with Gasteiger partial charge in [0.05, 0.1) is 65.9 Å². The van der Waals surface area contributed by atoms with Crippen molar-refractivity contribution < 1.29 is 127 Å². The van der Waals surface area contributed by atoms with Gasteiger partial charge in [0.2, 0.25) is 6.29 Å². The number of hydrogen-bond acceptors (Lipinski definition) is 26. The largest absolute Gasteiger partial charge is 0.507 e. The molecule has 0 bridgehead atoms. The van der Waals surface area contributed by atoms with Crippen molar-refractivity contribution in [2.24, 2.45) is 5.92 Å². The Balaban J connectivity index is 1.04. The molecule has 0 amide bonds. The lowest BCUT2D eigenvalue weighted by molar-refractivity contribution is -0.334. The molecule has 2 aromatic rings. The Hall–Kier alpha value is -4.30. The van der Waals surface area contributed by atoms with E-state index in [0.29, 0.717) is 0 Å². The van der Waals surface area contributed by atoms with Gasteiger partial charge in [-0.15, -0.1) is 0 Å². The highest BCUT2D eigenvalue weighted by molar-refractivity contribution is 6.11. The van der Waals surface area contributed by atoms with Crippen LogP contribution in [0.3, 0.4) is 0 Å². The zero-order valence-electron chi connectivity index (χ0n) is 47.7. The Labute approximate surface area is 473 Å². The van der Waals surface area contributed by atoms with Crippen molar-refractivity contribution in [3.05, 3.63) is 28.8 Å². The number of phenols is 2. The van der Waals surface area contributed by atoms with Crippen molar-refractivity contribution in [1.29, 1.82) is 0 Å². The molecule has 0 aromatic heterocycles. The zero-order valence-corrected chi connectivity index (χ0v) is 47.7. The highest BCUT2D eigenvalue weighted by Gasteiger charge is 2.52. The van der Waals surface area contributed by atoms with E-state index in [-0.39, 0.29) is 71.7 Å². The van der Waals surface area contributed by atoms with Crippen molar-refractivity contribution in [2.75, 3.05) is 7.11 Å². The lowest BCUT2D eigenvalue weighted by Gasteiger charge is -2.46. The lowest BCUT2D eigenvalue weighted by Crippen LogP contribution is -2.59. The second-order valence-electron chi connectivity index (χ2n) is 22.9. The number of Topliss-reactive ketones (excluding diaryl/α,β-unsaturated/α-hetero) is 2. The number of benzene rings is 2. The molecule has 1 unspecified atom stereocenters. The van der Waals surface area contributed by atoms with E-state index in [9.17, 15) is 60.3 Å². The summed E-state index contributed by atoms with van der Waals surface area (Å²) >= 11 is 0. The number of ketones is 2. The first kappa shape index (κ1) is 63.7. The number of aromatic hydroxyl groups is 2. The van der Waals surface area contributed by atoms with E-state index in [0.717, 1.165) is 0 Å². The zero-order chi connectivity index (χ0) is 60.1. The molecular weight excluding hydrogens is 1090 g/mol. The predicted molar refractivity (Wildman–Crippen MR) is 278 cm³/mol. The maximum absolute atomic E-state index is 15.1. The summed E-state index contributed by atoms with van der Waals surface area (Å²) in [5, 5.41) is 99.9.